The van der Waals surface area contributed by atoms with Crippen molar-refractivity contribution < 1.29 is 9.53 Å². The number of thioether (sulfide) groups is 1. The molecule has 1 amide bonds. The molecule has 1 aromatic heterocycles. The molecule has 98 valence electrons. The maximum absolute atomic E-state index is 10.9. The van der Waals surface area contributed by atoms with Crippen LogP contribution in [0.3, 0.4) is 0 Å². The van der Waals surface area contributed by atoms with Crippen LogP contribution in [0.1, 0.15) is 0 Å². The third kappa shape index (κ3) is 2.68. The first-order chi connectivity index (χ1) is 9.33. The Hall–Kier alpha value is -2.09. The van der Waals surface area contributed by atoms with Crippen molar-refractivity contribution >= 4 is 17.9 Å². The topological polar surface area (TPSA) is 81.9 Å². The summed E-state index contributed by atoms with van der Waals surface area (Å²) in [7, 11) is 0. The molecule has 3 rings (SSSR count). The highest BCUT2D eigenvalue weighted by atomic mass is 32.2. The number of tetrazole rings is 1. The SMILES string of the molecule is O=C1NCC(CSc2nnnn2-c2ccccc2)O1. The standard InChI is InChI=1S/C11H11N5O2S/c17-11-12-6-9(18-11)7-19-10-13-14-15-16(10)8-4-2-1-3-5-8/h1-5,9H,6-7H2,(H,12,17). The van der Waals surface area contributed by atoms with Gasteiger partial charge in [-0.1, -0.05) is 30.0 Å². The summed E-state index contributed by atoms with van der Waals surface area (Å²) >= 11 is 1.46. The van der Waals surface area contributed by atoms with Crippen molar-refractivity contribution in [1.82, 2.24) is 25.5 Å². The van der Waals surface area contributed by atoms with Gasteiger partial charge in [-0.15, -0.1) is 5.10 Å². The lowest BCUT2D eigenvalue weighted by Gasteiger charge is -2.07. The maximum Gasteiger partial charge on any atom is 0.407 e. The van der Waals surface area contributed by atoms with Gasteiger partial charge in [0.15, 0.2) is 0 Å². The Morgan fingerprint density at radius 3 is 3.00 bits per heavy atom. The molecule has 1 aromatic carbocycles. The second kappa shape index (κ2) is 5.27. The van der Waals surface area contributed by atoms with Gasteiger partial charge in [0.1, 0.15) is 6.10 Å². The van der Waals surface area contributed by atoms with Crippen LogP contribution < -0.4 is 5.32 Å². The quantitative estimate of drug-likeness (QED) is 0.835. The van der Waals surface area contributed by atoms with Gasteiger partial charge in [0.2, 0.25) is 5.16 Å². The molecule has 0 radical (unpaired) electrons. The summed E-state index contributed by atoms with van der Waals surface area (Å²) in [5.41, 5.74) is 0.900. The number of ether oxygens (including phenoxy) is 1. The third-order valence-electron chi connectivity index (χ3n) is 2.59. The zero-order valence-electron chi connectivity index (χ0n) is 9.89. The molecular weight excluding hydrogens is 266 g/mol. The summed E-state index contributed by atoms with van der Waals surface area (Å²) in [6, 6.07) is 9.64. The van der Waals surface area contributed by atoms with Crippen molar-refractivity contribution in [3.8, 4) is 5.69 Å². The van der Waals surface area contributed by atoms with Crippen molar-refractivity contribution in [2.45, 2.75) is 11.3 Å². The fraction of sp³-hybridized carbons (Fsp3) is 0.273. The van der Waals surface area contributed by atoms with Crippen molar-refractivity contribution in [3.05, 3.63) is 30.3 Å². The van der Waals surface area contributed by atoms with Gasteiger partial charge in [0.05, 0.1) is 12.2 Å². The summed E-state index contributed by atoms with van der Waals surface area (Å²) in [6.45, 7) is 0.527. The van der Waals surface area contributed by atoms with Crippen LogP contribution in [0.2, 0.25) is 0 Å². The van der Waals surface area contributed by atoms with Crippen LogP contribution in [-0.4, -0.2) is 44.7 Å². The lowest BCUT2D eigenvalue weighted by molar-refractivity contribution is 0.150. The summed E-state index contributed by atoms with van der Waals surface area (Å²) in [5, 5.41) is 14.9. The van der Waals surface area contributed by atoms with Crippen molar-refractivity contribution in [3.63, 3.8) is 0 Å². The van der Waals surface area contributed by atoms with Crippen LogP contribution in [0.25, 0.3) is 5.69 Å². The van der Waals surface area contributed by atoms with E-state index in [9.17, 15) is 4.79 Å². The molecular formula is C11H11N5O2S. The van der Waals surface area contributed by atoms with E-state index in [-0.39, 0.29) is 12.2 Å². The first kappa shape index (κ1) is 12.0. The minimum Gasteiger partial charge on any atom is -0.443 e. The van der Waals surface area contributed by atoms with E-state index in [1.807, 2.05) is 30.3 Å². The molecule has 19 heavy (non-hydrogen) atoms. The molecule has 0 saturated carbocycles. The molecule has 7 nitrogen and oxygen atoms in total. The summed E-state index contributed by atoms with van der Waals surface area (Å²) in [4.78, 5) is 10.9. The third-order valence-corrected chi connectivity index (χ3v) is 3.64. The zero-order valence-corrected chi connectivity index (χ0v) is 10.7. The maximum atomic E-state index is 10.9. The number of nitrogens with zero attached hydrogens (tertiary/aromatic N) is 4. The van der Waals surface area contributed by atoms with Gasteiger partial charge in [-0.2, -0.15) is 4.68 Å². The van der Waals surface area contributed by atoms with Crippen LogP contribution in [0.4, 0.5) is 4.79 Å². The lowest BCUT2D eigenvalue weighted by Crippen LogP contribution is -2.17. The molecule has 2 heterocycles. The van der Waals surface area contributed by atoms with Gasteiger partial charge in [0.25, 0.3) is 0 Å². The van der Waals surface area contributed by atoms with E-state index < -0.39 is 0 Å². The van der Waals surface area contributed by atoms with E-state index in [0.29, 0.717) is 17.5 Å². The van der Waals surface area contributed by atoms with Crippen LogP contribution in [0, 0.1) is 0 Å². The number of hydrogen-bond acceptors (Lipinski definition) is 6. The number of rotatable bonds is 4. The van der Waals surface area contributed by atoms with Crippen molar-refractivity contribution in [2.75, 3.05) is 12.3 Å². The van der Waals surface area contributed by atoms with Crippen LogP contribution >= 0.6 is 11.8 Å². The zero-order chi connectivity index (χ0) is 13.1. The fourth-order valence-electron chi connectivity index (χ4n) is 1.69. The number of benzene rings is 1. The summed E-state index contributed by atoms with van der Waals surface area (Å²) in [6.07, 6.45) is -0.508. The Morgan fingerprint density at radius 2 is 2.26 bits per heavy atom. The van der Waals surface area contributed by atoms with Gasteiger partial charge < -0.3 is 10.1 Å². The van der Waals surface area contributed by atoms with Crippen LogP contribution in [-0.2, 0) is 4.74 Å². The van der Waals surface area contributed by atoms with Gasteiger partial charge >= 0.3 is 6.09 Å². The molecule has 1 saturated heterocycles. The smallest absolute Gasteiger partial charge is 0.407 e. The number of amides is 1. The molecule has 1 aliphatic heterocycles. The molecule has 0 aliphatic carbocycles. The Kier molecular flexibility index (Phi) is 3.32. The average molecular weight is 277 g/mol. The summed E-state index contributed by atoms with van der Waals surface area (Å²) in [5.74, 6) is 0.617. The molecule has 0 bridgehead atoms. The number of carbonyl (C=O) groups is 1. The second-order valence-corrected chi connectivity index (χ2v) is 4.92. The summed E-state index contributed by atoms with van der Waals surface area (Å²) < 4.78 is 6.72. The van der Waals surface area contributed by atoms with Gasteiger partial charge in [-0.25, -0.2) is 4.79 Å². The normalized spacial score (nSPS) is 18.1. The largest absolute Gasteiger partial charge is 0.443 e. The average Bonchev–Trinajstić information content (AvgIpc) is 3.06. The fourth-order valence-corrected chi connectivity index (χ4v) is 2.57. The Morgan fingerprint density at radius 1 is 1.42 bits per heavy atom. The van der Waals surface area contributed by atoms with Crippen molar-refractivity contribution in [2.24, 2.45) is 0 Å². The monoisotopic (exact) mass is 277 g/mol. The van der Waals surface area contributed by atoms with E-state index in [1.165, 1.54) is 11.8 Å². The van der Waals surface area contributed by atoms with Gasteiger partial charge in [0, 0.05) is 5.75 Å². The Labute approximate surface area is 113 Å². The highest BCUT2D eigenvalue weighted by Crippen LogP contribution is 2.20. The lowest BCUT2D eigenvalue weighted by atomic mass is 10.3. The molecule has 1 atom stereocenters. The predicted molar refractivity (Wildman–Crippen MR) is 68.1 cm³/mol. The molecule has 1 N–H and O–H groups in total. The van der Waals surface area contributed by atoms with E-state index in [1.54, 1.807) is 4.68 Å². The number of nitrogens with one attached hydrogen (secondary N) is 1. The molecule has 8 heteroatoms. The minimum absolute atomic E-state index is 0.140. The van der Waals surface area contributed by atoms with Crippen molar-refractivity contribution in [1.29, 1.82) is 0 Å². The number of hydrogen-bond donors (Lipinski definition) is 1. The molecule has 1 fully saturated rings. The van der Waals surface area contributed by atoms with E-state index >= 15 is 0 Å². The number of alkyl carbamates (subject to hydrolysis) is 1. The Balaban J connectivity index is 1.69. The number of carbonyl (C=O) groups excluding carboxylic acids is 1. The van der Waals surface area contributed by atoms with E-state index in [4.69, 9.17) is 4.74 Å². The van der Waals surface area contributed by atoms with E-state index in [0.717, 1.165) is 5.69 Å². The van der Waals surface area contributed by atoms with E-state index in [2.05, 4.69) is 20.8 Å². The Bertz CT molecular complexity index is 573. The van der Waals surface area contributed by atoms with Gasteiger partial charge in [-0.3, -0.25) is 0 Å². The van der Waals surface area contributed by atoms with Gasteiger partial charge in [-0.05, 0) is 22.6 Å². The number of aromatic nitrogens is 4. The molecule has 1 aliphatic rings. The number of cyclic esters (lactones) is 1. The molecule has 2 aromatic rings. The van der Waals surface area contributed by atoms with Crippen LogP contribution in [0.5, 0.6) is 0 Å². The minimum atomic E-state index is -0.367. The first-order valence-electron chi connectivity index (χ1n) is 5.74. The highest BCUT2D eigenvalue weighted by molar-refractivity contribution is 7.99. The number of para-hydroxylation sites is 1. The molecule has 1 unspecified atom stereocenters. The highest BCUT2D eigenvalue weighted by Gasteiger charge is 2.23. The molecule has 0 spiro atoms. The predicted octanol–water partition coefficient (Wildman–Crippen LogP) is 0.863. The second-order valence-electron chi connectivity index (χ2n) is 3.93. The first-order valence-corrected chi connectivity index (χ1v) is 6.72. The van der Waals surface area contributed by atoms with Crippen LogP contribution in [0.15, 0.2) is 35.5 Å².